The van der Waals surface area contributed by atoms with Gasteiger partial charge in [0.2, 0.25) is 5.91 Å². The first-order valence-electron chi connectivity index (χ1n) is 8.19. The zero-order chi connectivity index (χ0) is 17.4. The van der Waals surface area contributed by atoms with Crippen LogP contribution in [0.1, 0.15) is 32.7 Å². The highest BCUT2D eigenvalue weighted by Gasteiger charge is 2.27. The number of amides is 1. The van der Waals surface area contributed by atoms with Crippen molar-refractivity contribution in [3.05, 3.63) is 44.1 Å². The second kappa shape index (κ2) is 6.43. The molecule has 0 bridgehead atoms. The van der Waals surface area contributed by atoms with Crippen molar-refractivity contribution in [2.45, 2.75) is 39.3 Å². The van der Waals surface area contributed by atoms with Crippen molar-refractivity contribution in [3.8, 4) is 0 Å². The quantitative estimate of drug-likeness (QED) is 0.851. The first-order chi connectivity index (χ1) is 11.5. The highest BCUT2D eigenvalue weighted by Crippen LogP contribution is 2.21. The Labute approximate surface area is 144 Å². The molecule has 1 aliphatic rings. The lowest BCUT2D eigenvalue weighted by molar-refractivity contribution is -0.133. The minimum absolute atomic E-state index is 0.0998. The summed E-state index contributed by atoms with van der Waals surface area (Å²) in [6.45, 7) is 5.11. The zero-order valence-electron chi connectivity index (χ0n) is 13.8. The van der Waals surface area contributed by atoms with Crippen LogP contribution >= 0.6 is 11.6 Å². The van der Waals surface area contributed by atoms with E-state index in [1.807, 2.05) is 0 Å². The first-order valence-corrected chi connectivity index (χ1v) is 8.57. The van der Waals surface area contributed by atoms with Gasteiger partial charge in [0.15, 0.2) is 0 Å². The Hall–Kier alpha value is -2.08. The lowest BCUT2D eigenvalue weighted by Gasteiger charge is -2.24. The highest BCUT2D eigenvalue weighted by atomic mass is 35.5. The molecule has 1 amide bonds. The highest BCUT2D eigenvalue weighted by molar-refractivity contribution is 6.31. The lowest BCUT2D eigenvalue weighted by atomic mass is 10.2. The van der Waals surface area contributed by atoms with Gasteiger partial charge in [-0.25, -0.2) is 4.79 Å². The summed E-state index contributed by atoms with van der Waals surface area (Å²) in [7, 11) is 0. The van der Waals surface area contributed by atoms with Crippen LogP contribution in [0.15, 0.2) is 27.8 Å². The Kier molecular flexibility index (Phi) is 4.49. The Balaban J connectivity index is 2.25. The molecule has 2 heterocycles. The van der Waals surface area contributed by atoms with Crippen LogP contribution in [0.25, 0.3) is 10.9 Å². The lowest BCUT2D eigenvalue weighted by Crippen LogP contribution is -2.44. The third-order valence-corrected chi connectivity index (χ3v) is 4.85. The van der Waals surface area contributed by atoms with E-state index in [-0.39, 0.29) is 18.0 Å². The van der Waals surface area contributed by atoms with E-state index in [1.54, 1.807) is 36.9 Å². The standard InChI is InChI=1S/C17H20ClN3O3/c1-3-20-16(23)13-7-6-12(18)10-14(13)21(17(20)24)11(2)15(22)19-8-4-5-9-19/h6-7,10-11H,3-5,8-9H2,1-2H3/t11-/m0/s1. The number of rotatable bonds is 3. The van der Waals surface area contributed by atoms with Crippen LogP contribution < -0.4 is 11.2 Å². The number of carbonyl (C=O) groups excluding carboxylic acids is 1. The molecule has 0 saturated carbocycles. The molecule has 0 radical (unpaired) electrons. The summed E-state index contributed by atoms with van der Waals surface area (Å²) in [5, 5.41) is 0.812. The maximum absolute atomic E-state index is 12.8. The molecule has 1 aromatic heterocycles. The minimum Gasteiger partial charge on any atom is -0.341 e. The normalized spacial score (nSPS) is 15.9. The summed E-state index contributed by atoms with van der Waals surface area (Å²) in [4.78, 5) is 39.9. The van der Waals surface area contributed by atoms with Gasteiger partial charge >= 0.3 is 5.69 Å². The van der Waals surface area contributed by atoms with Crippen molar-refractivity contribution in [2.24, 2.45) is 0 Å². The smallest absolute Gasteiger partial charge is 0.332 e. The van der Waals surface area contributed by atoms with E-state index >= 15 is 0 Å². The van der Waals surface area contributed by atoms with E-state index in [1.165, 1.54) is 4.57 Å². The van der Waals surface area contributed by atoms with Gasteiger partial charge in [0.05, 0.1) is 10.9 Å². The number of hydrogen-bond donors (Lipinski definition) is 0. The maximum Gasteiger partial charge on any atom is 0.332 e. The van der Waals surface area contributed by atoms with Gasteiger partial charge in [0.25, 0.3) is 5.56 Å². The van der Waals surface area contributed by atoms with Crippen molar-refractivity contribution >= 4 is 28.4 Å². The van der Waals surface area contributed by atoms with E-state index in [0.29, 0.717) is 29.0 Å². The molecule has 2 aromatic rings. The molecule has 24 heavy (non-hydrogen) atoms. The summed E-state index contributed by atoms with van der Waals surface area (Å²) in [5.41, 5.74) is -0.425. The second-order valence-electron chi connectivity index (χ2n) is 6.07. The molecule has 7 heteroatoms. The number of likely N-dealkylation sites (tertiary alicyclic amines) is 1. The Bertz CT molecular complexity index is 910. The van der Waals surface area contributed by atoms with Gasteiger partial charge in [0, 0.05) is 24.7 Å². The number of halogens is 1. The molecular weight excluding hydrogens is 330 g/mol. The topological polar surface area (TPSA) is 64.3 Å². The van der Waals surface area contributed by atoms with Gasteiger partial charge in [-0.15, -0.1) is 0 Å². The van der Waals surface area contributed by atoms with Crippen LogP contribution in [-0.4, -0.2) is 33.0 Å². The van der Waals surface area contributed by atoms with Crippen molar-refractivity contribution in [1.82, 2.24) is 14.0 Å². The Morgan fingerprint density at radius 1 is 1.25 bits per heavy atom. The van der Waals surface area contributed by atoms with Gasteiger partial charge in [0.1, 0.15) is 6.04 Å². The van der Waals surface area contributed by atoms with E-state index in [4.69, 9.17) is 11.6 Å². The summed E-state index contributed by atoms with van der Waals surface area (Å²) in [6, 6.07) is 4.12. The molecule has 1 atom stereocenters. The Morgan fingerprint density at radius 3 is 2.54 bits per heavy atom. The first kappa shape index (κ1) is 16.8. The van der Waals surface area contributed by atoms with Crippen LogP contribution in [0.2, 0.25) is 5.02 Å². The number of aromatic nitrogens is 2. The van der Waals surface area contributed by atoms with Gasteiger partial charge in [-0.05, 0) is 44.9 Å². The summed E-state index contributed by atoms with van der Waals surface area (Å²) >= 11 is 6.06. The van der Waals surface area contributed by atoms with E-state index in [2.05, 4.69) is 0 Å². The molecule has 0 N–H and O–H groups in total. The molecule has 0 unspecified atom stereocenters. The van der Waals surface area contributed by atoms with Crippen LogP contribution in [0, 0.1) is 0 Å². The predicted molar refractivity (Wildman–Crippen MR) is 93.7 cm³/mol. The molecule has 0 spiro atoms. The molecule has 1 saturated heterocycles. The van der Waals surface area contributed by atoms with E-state index in [9.17, 15) is 14.4 Å². The van der Waals surface area contributed by atoms with Crippen LogP contribution in [-0.2, 0) is 11.3 Å². The molecule has 1 aromatic carbocycles. The summed E-state index contributed by atoms with van der Waals surface area (Å²) in [6.07, 6.45) is 1.96. The average molecular weight is 350 g/mol. The Morgan fingerprint density at radius 2 is 1.92 bits per heavy atom. The van der Waals surface area contributed by atoms with Crippen LogP contribution in [0.4, 0.5) is 0 Å². The SMILES string of the molecule is CCn1c(=O)c2ccc(Cl)cc2n([C@@H](C)C(=O)N2CCCC2)c1=O. The third kappa shape index (κ3) is 2.65. The number of benzene rings is 1. The molecular formula is C17H20ClN3O3. The monoisotopic (exact) mass is 349 g/mol. The molecule has 6 nitrogen and oxygen atoms in total. The minimum atomic E-state index is -0.685. The summed E-state index contributed by atoms with van der Waals surface area (Å²) in [5.74, 6) is -0.0998. The van der Waals surface area contributed by atoms with E-state index in [0.717, 1.165) is 17.4 Å². The molecule has 1 aliphatic heterocycles. The van der Waals surface area contributed by atoms with Crippen LogP contribution in [0.5, 0.6) is 0 Å². The fourth-order valence-electron chi connectivity index (χ4n) is 3.32. The number of nitrogens with zero attached hydrogens (tertiary/aromatic N) is 3. The fraction of sp³-hybridized carbons (Fsp3) is 0.471. The second-order valence-corrected chi connectivity index (χ2v) is 6.51. The number of fused-ring (bicyclic) bond motifs is 1. The third-order valence-electron chi connectivity index (χ3n) is 4.61. The van der Waals surface area contributed by atoms with E-state index < -0.39 is 11.7 Å². The number of carbonyl (C=O) groups is 1. The van der Waals surface area contributed by atoms with Crippen molar-refractivity contribution in [3.63, 3.8) is 0 Å². The zero-order valence-corrected chi connectivity index (χ0v) is 14.5. The van der Waals surface area contributed by atoms with Gasteiger partial charge in [-0.2, -0.15) is 0 Å². The average Bonchev–Trinajstić information content (AvgIpc) is 3.08. The van der Waals surface area contributed by atoms with Crippen molar-refractivity contribution < 1.29 is 4.79 Å². The largest absolute Gasteiger partial charge is 0.341 e. The maximum atomic E-state index is 12.8. The van der Waals surface area contributed by atoms with Gasteiger partial charge in [-0.1, -0.05) is 11.6 Å². The molecule has 0 aliphatic carbocycles. The molecule has 3 rings (SSSR count). The number of hydrogen-bond acceptors (Lipinski definition) is 3. The van der Waals surface area contributed by atoms with Crippen molar-refractivity contribution in [1.29, 1.82) is 0 Å². The summed E-state index contributed by atoms with van der Waals surface area (Å²) < 4.78 is 2.55. The molecule has 1 fully saturated rings. The molecule has 128 valence electrons. The van der Waals surface area contributed by atoms with Gasteiger partial charge in [-0.3, -0.25) is 18.7 Å². The fourth-order valence-corrected chi connectivity index (χ4v) is 3.48. The predicted octanol–water partition coefficient (Wildman–Crippen LogP) is 2.02. The van der Waals surface area contributed by atoms with Gasteiger partial charge < -0.3 is 4.90 Å². The van der Waals surface area contributed by atoms with Crippen molar-refractivity contribution in [2.75, 3.05) is 13.1 Å². The van der Waals surface area contributed by atoms with Crippen LogP contribution in [0.3, 0.4) is 0 Å².